The van der Waals surface area contributed by atoms with Gasteiger partial charge >= 0.3 is 0 Å². The van der Waals surface area contributed by atoms with Gasteiger partial charge in [-0.1, -0.05) is 0 Å². The lowest BCUT2D eigenvalue weighted by Crippen LogP contribution is -2.51. The van der Waals surface area contributed by atoms with Gasteiger partial charge in [0.25, 0.3) is 5.91 Å². The normalized spacial score (nSPS) is 19.1. The van der Waals surface area contributed by atoms with Gasteiger partial charge < -0.3 is 10.2 Å². The number of aromatic nitrogens is 3. The highest BCUT2D eigenvalue weighted by Gasteiger charge is 2.22. The number of hydrogen-bond acceptors (Lipinski definition) is 4. The largest absolute Gasteiger partial charge is 0.334 e. The highest BCUT2D eigenvalue weighted by molar-refractivity contribution is 5.92. The third-order valence-electron chi connectivity index (χ3n) is 3.39. The summed E-state index contributed by atoms with van der Waals surface area (Å²) in [6.07, 6.45) is 5.20. The van der Waals surface area contributed by atoms with Crippen molar-refractivity contribution in [3.05, 3.63) is 42.5 Å². The summed E-state index contributed by atoms with van der Waals surface area (Å²) in [4.78, 5) is 18.5. The van der Waals surface area contributed by atoms with E-state index in [1.165, 1.54) is 0 Å². The predicted molar refractivity (Wildman–Crippen MR) is 74.7 cm³/mol. The SMILES string of the molecule is C[C@H]1CN(C(=O)c2cc(-n3cccn3)ccn2)CCN1. The fourth-order valence-electron chi connectivity index (χ4n) is 2.38. The van der Waals surface area contributed by atoms with Gasteiger partial charge in [0.2, 0.25) is 0 Å². The Morgan fingerprint density at radius 1 is 1.45 bits per heavy atom. The zero-order valence-electron chi connectivity index (χ0n) is 11.4. The molecule has 1 aliphatic heterocycles. The fraction of sp³-hybridized carbons (Fsp3) is 0.357. The number of pyridine rings is 1. The van der Waals surface area contributed by atoms with Gasteiger partial charge in [-0.3, -0.25) is 9.78 Å². The van der Waals surface area contributed by atoms with Crippen LogP contribution in [0.15, 0.2) is 36.8 Å². The van der Waals surface area contributed by atoms with Crippen molar-refractivity contribution in [1.29, 1.82) is 0 Å². The van der Waals surface area contributed by atoms with Crippen molar-refractivity contribution in [2.24, 2.45) is 0 Å². The molecule has 0 saturated carbocycles. The molecule has 20 heavy (non-hydrogen) atoms. The van der Waals surface area contributed by atoms with E-state index >= 15 is 0 Å². The summed E-state index contributed by atoms with van der Waals surface area (Å²) in [5.74, 6) is -0.0210. The van der Waals surface area contributed by atoms with E-state index < -0.39 is 0 Å². The molecule has 6 heteroatoms. The lowest BCUT2D eigenvalue weighted by Gasteiger charge is -2.31. The van der Waals surface area contributed by atoms with Crippen molar-refractivity contribution < 1.29 is 4.79 Å². The molecule has 2 aromatic heterocycles. The second-order valence-corrected chi connectivity index (χ2v) is 4.96. The summed E-state index contributed by atoms with van der Waals surface area (Å²) in [5.41, 5.74) is 1.31. The van der Waals surface area contributed by atoms with Crippen LogP contribution in [0.25, 0.3) is 5.69 Å². The third kappa shape index (κ3) is 2.55. The molecule has 0 aliphatic carbocycles. The predicted octanol–water partition coefficient (Wildman–Crippen LogP) is 0.701. The van der Waals surface area contributed by atoms with Crippen LogP contribution in [0.5, 0.6) is 0 Å². The minimum Gasteiger partial charge on any atom is -0.334 e. The van der Waals surface area contributed by atoms with Gasteiger partial charge in [-0.05, 0) is 25.1 Å². The smallest absolute Gasteiger partial charge is 0.272 e. The van der Waals surface area contributed by atoms with E-state index in [2.05, 4.69) is 22.3 Å². The average Bonchev–Trinajstić information content (AvgIpc) is 3.01. The Labute approximate surface area is 117 Å². The van der Waals surface area contributed by atoms with Crippen LogP contribution >= 0.6 is 0 Å². The maximum atomic E-state index is 12.5. The summed E-state index contributed by atoms with van der Waals surface area (Å²) in [6, 6.07) is 5.79. The maximum Gasteiger partial charge on any atom is 0.272 e. The molecule has 1 aliphatic rings. The van der Waals surface area contributed by atoms with Crippen molar-refractivity contribution >= 4 is 5.91 Å². The number of nitrogens with one attached hydrogen (secondary N) is 1. The van der Waals surface area contributed by atoms with E-state index in [-0.39, 0.29) is 5.91 Å². The summed E-state index contributed by atoms with van der Waals surface area (Å²) in [6.45, 7) is 4.34. The van der Waals surface area contributed by atoms with Crippen molar-refractivity contribution in [1.82, 2.24) is 25.0 Å². The highest BCUT2D eigenvalue weighted by atomic mass is 16.2. The monoisotopic (exact) mass is 271 g/mol. The van der Waals surface area contributed by atoms with E-state index in [0.717, 1.165) is 18.8 Å². The molecule has 0 spiro atoms. The minimum absolute atomic E-state index is 0.0210. The first kappa shape index (κ1) is 12.8. The standard InChI is InChI=1S/C14H17N5O/c1-11-10-18(8-6-15-11)14(20)13-9-12(3-5-16-13)19-7-2-4-17-19/h2-5,7,9,11,15H,6,8,10H2,1H3/t11-/m0/s1. The molecule has 3 rings (SSSR count). The van der Waals surface area contributed by atoms with Gasteiger partial charge in [-0.2, -0.15) is 5.10 Å². The van der Waals surface area contributed by atoms with E-state index in [4.69, 9.17) is 0 Å². The summed E-state index contributed by atoms with van der Waals surface area (Å²) >= 11 is 0. The van der Waals surface area contributed by atoms with Crippen LogP contribution in [0, 0.1) is 0 Å². The van der Waals surface area contributed by atoms with Crippen LogP contribution in [0.3, 0.4) is 0 Å². The summed E-state index contributed by atoms with van der Waals surface area (Å²) in [7, 11) is 0. The zero-order valence-corrected chi connectivity index (χ0v) is 11.4. The molecule has 0 unspecified atom stereocenters. The van der Waals surface area contributed by atoms with Crippen LogP contribution < -0.4 is 5.32 Å². The summed E-state index contributed by atoms with van der Waals surface area (Å²) in [5, 5.41) is 7.49. The number of piperazine rings is 1. The molecular formula is C14H17N5O. The highest BCUT2D eigenvalue weighted by Crippen LogP contribution is 2.10. The molecular weight excluding hydrogens is 254 g/mol. The first-order chi connectivity index (χ1) is 9.74. The number of amides is 1. The van der Waals surface area contributed by atoms with Gasteiger partial charge in [0.1, 0.15) is 5.69 Å². The minimum atomic E-state index is -0.0210. The zero-order chi connectivity index (χ0) is 13.9. The Morgan fingerprint density at radius 3 is 3.10 bits per heavy atom. The number of rotatable bonds is 2. The lowest BCUT2D eigenvalue weighted by atomic mass is 10.2. The Balaban J connectivity index is 1.83. The molecule has 0 bridgehead atoms. The third-order valence-corrected chi connectivity index (χ3v) is 3.39. The molecule has 3 heterocycles. The number of nitrogens with zero attached hydrogens (tertiary/aromatic N) is 4. The van der Waals surface area contributed by atoms with Crippen molar-refractivity contribution in [3.8, 4) is 5.69 Å². The van der Waals surface area contributed by atoms with Gasteiger partial charge in [0, 0.05) is 44.3 Å². The number of carbonyl (C=O) groups is 1. The van der Waals surface area contributed by atoms with Crippen molar-refractivity contribution in [2.75, 3.05) is 19.6 Å². The average molecular weight is 271 g/mol. The quantitative estimate of drug-likeness (QED) is 0.873. The van der Waals surface area contributed by atoms with Crippen LogP contribution in [-0.4, -0.2) is 51.2 Å². The second kappa shape index (κ2) is 5.42. The molecule has 0 aromatic carbocycles. The van der Waals surface area contributed by atoms with Crippen LogP contribution in [-0.2, 0) is 0 Å². The summed E-state index contributed by atoms with van der Waals surface area (Å²) < 4.78 is 1.72. The van der Waals surface area contributed by atoms with Crippen LogP contribution in [0.1, 0.15) is 17.4 Å². The fourth-order valence-corrected chi connectivity index (χ4v) is 2.38. The van der Waals surface area contributed by atoms with E-state index in [0.29, 0.717) is 18.3 Å². The molecule has 1 atom stereocenters. The Bertz CT molecular complexity index is 595. The van der Waals surface area contributed by atoms with Gasteiger partial charge in [-0.25, -0.2) is 4.68 Å². The van der Waals surface area contributed by atoms with E-state index in [1.807, 2.05) is 23.2 Å². The second-order valence-electron chi connectivity index (χ2n) is 4.96. The lowest BCUT2D eigenvalue weighted by molar-refractivity contribution is 0.0703. The molecule has 0 radical (unpaired) electrons. The van der Waals surface area contributed by atoms with Crippen molar-refractivity contribution in [3.63, 3.8) is 0 Å². The first-order valence-corrected chi connectivity index (χ1v) is 6.73. The Hall–Kier alpha value is -2.21. The first-order valence-electron chi connectivity index (χ1n) is 6.73. The molecule has 1 saturated heterocycles. The van der Waals surface area contributed by atoms with Crippen molar-refractivity contribution in [2.45, 2.75) is 13.0 Å². The molecule has 2 aromatic rings. The molecule has 1 fully saturated rings. The van der Waals surface area contributed by atoms with Gasteiger partial charge in [-0.15, -0.1) is 0 Å². The molecule has 104 valence electrons. The number of hydrogen-bond donors (Lipinski definition) is 1. The Morgan fingerprint density at radius 2 is 2.35 bits per heavy atom. The molecule has 6 nitrogen and oxygen atoms in total. The molecule has 1 N–H and O–H groups in total. The Kier molecular flexibility index (Phi) is 3.47. The van der Waals surface area contributed by atoms with Crippen LogP contribution in [0.2, 0.25) is 0 Å². The van der Waals surface area contributed by atoms with Gasteiger partial charge in [0.05, 0.1) is 5.69 Å². The molecule has 1 amide bonds. The number of carbonyl (C=O) groups excluding carboxylic acids is 1. The topological polar surface area (TPSA) is 63.1 Å². The van der Waals surface area contributed by atoms with Gasteiger partial charge in [0.15, 0.2) is 0 Å². The van der Waals surface area contributed by atoms with E-state index in [1.54, 1.807) is 23.1 Å². The van der Waals surface area contributed by atoms with E-state index in [9.17, 15) is 4.79 Å². The maximum absolute atomic E-state index is 12.5. The van der Waals surface area contributed by atoms with Crippen LogP contribution in [0.4, 0.5) is 0 Å².